The van der Waals surface area contributed by atoms with Crippen molar-refractivity contribution in [3.8, 4) is 0 Å². The van der Waals surface area contributed by atoms with Crippen molar-refractivity contribution in [3.63, 3.8) is 0 Å². The highest BCUT2D eigenvalue weighted by Crippen LogP contribution is 2.26. The number of aliphatic hydroxyl groups is 1. The molecule has 0 bridgehead atoms. The van der Waals surface area contributed by atoms with Crippen LogP contribution >= 0.6 is 11.6 Å². The average Bonchev–Trinajstić information content (AvgIpc) is 3.11. The minimum absolute atomic E-state index is 0.293. The monoisotopic (exact) mass is 309 g/mol. The van der Waals surface area contributed by atoms with E-state index >= 15 is 0 Å². The summed E-state index contributed by atoms with van der Waals surface area (Å²) in [4.78, 5) is 9.16. The van der Waals surface area contributed by atoms with Gasteiger partial charge in [-0.05, 0) is 44.8 Å². The molecule has 4 nitrogen and oxygen atoms in total. The highest BCUT2D eigenvalue weighted by molar-refractivity contribution is 6.30. The Morgan fingerprint density at radius 1 is 1.19 bits per heavy atom. The number of pyridine rings is 1. The molecule has 1 aromatic rings. The number of hydrogen-bond donors (Lipinski definition) is 1. The van der Waals surface area contributed by atoms with Crippen LogP contribution in [0.4, 0.5) is 0 Å². The van der Waals surface area contributed by atoms with Crippen molar-refractivity contribution in [2.75, 3.05) is 26.2 Å². The number of nitrogens with zero attached hydrogens (tertiary/aromatic N) is 3. The van der Waals surface area contributed by atoms with Crippen LogP contribution in [0.1, 0.15) is 31.2 Å². The lowest BCUT2D eigenvalue weighted by Gasteiger charge is -2.31. The summed E-state index contributed by atoms with van der Waals surface area (Å²) in [6, 6.07) is 4.97. The first kappa shape index (κ1) is 15.2. The fourth-order valence-corrected chi connectivity index (χ4v) is 3.86. The van der Waals surface area contributed by atoms with E-state index in [2.05, 4.69) is 20.9 Å². The molecule has 21 heavy (non-hydrogen) atoms. The summed E-state index contributed by atoms with van der Waals surface area (Å²) in [7, 11) is 0. The molecule has 0 amide bonds. The topological polar surface area (TPSA) is 39.6 Å². The Hall–Kier alpha value is -0.680. The molecule has 0 aromatic carbocycles. The first-order valence-electron chi connectivity index (χ1n) is 7.96. The van der Waals surface area contributed by atoms with Crippen molar-refractivity contribution >= 4 is 11.6 Å². The molecule has 2 unspecified atom stereocenters. The Morgan fingerprint density at radius 3 is 2.71 bits per heavy atom. The number of aromatic nitrogens is 1. The van der Waals surface area contributed by atoms with Gasteiger partial charge in [0.25, 0.3) is 0 Å². The van der Waals surface area contributed by atoms with Crippen LogP contribution in [0, 0.1) is 0 Å². The number of aliphatic hydroxyl groups excluding tert-OH is 1. The fraction of sp³-hybridized carbons (Fsp3) is 0.688. The van der Waals surface area contributed by atoms with E-state index in [1.807, 2.05) is 6.07 Å². The van der Waals surface area contributed by atoms with E-state index in [9.17, 15) is 5.11 Å². The second-order valence-corrected chi connectivity index (χ2v) is 6.55. The number of likely N-dealkylation sites (tertiary alicyclic amines) is 2. The first-order chi connectivity index (χ1) is 10.3. The molecule has 1 aromatic heterocycles. The van der Waals surface area contributed by atoms with E-state index < -0.39 is 0 Å². The fourth-order valence-electron chi connectivity index (χ4n) is 3.68. The van der Waals surface area contributed by atoms with Gasteiger partial charge in [-0.25, -0.2) is 4.98 Å². The number of rotatable bonds is 5. The molecule has 5 heteroatoms. The smallest absolute Gasteiger partial charge is 0.133 e. The zero-order valence-corrected chi connectivity index (χ0v) is 13.2. The zero-order valence-electron chi connectivity index (χ0n) is 12.4. The molecule has 3 heterocycles. The molecule has 0 spiro atoms. The van der Waals surface area contributed by atoms with E-state index in [0.29, 0.717) is 23.8 Å². The van der Waals surface area contributed by atoms with Crippen LogP contribution in [-0.2, 0) is 6.54 Å². The third-order valence-corrected chi connectivity index (χ3v) is 5.20. The van der Waals surface area contributed by atoms with Crippen molar-refractivity contribution in [2.24, 2.45) is 0 Å². The van der Waals surface area contributed by atoms with Crippen molar-refractivity contribution in [1.82, 2.24) is 14.8 Å². The van der Waals surface area contributed by atoms with Gasteiger partial charge in [0.2, 0.25) is 0 Å². The summed E-state index contributed by atoms with van der Waals surface area (Å²) in [6.45, 7) is 4.51. The predicted molar refractivity (Wildman–Crippen MR) is 84.4 cm³/mol. The quantitative estimate of drug-likeness (QED) is 0.846. The molecule has 116 valence electrons. The van der Waals surface area contributed by atoms with Gasteiger partial charge in [0.05, 0.1) is 6.61 Å². The van der Waals surface area contributed by atoms with Gasteiger partial charge < -0.3 is 5.11 Å². The molecule has 2 fully saturated rings. The molecule has 2 saturated heterocycles. The Labute approximate surface area is 131 Å². The van der Waals surface area contributed by atoms with Crippen LogP contribution in [0.2, 0.25) is 5.15 Å². The van der Waals surface area contributed by atoms with E-state index in [-0.39, 0.29) is 0 Å². The van der Waals surface area contributed by atoms with E-state index in [0.717, 1.165) is 38.2 Å². The Morgan fingerprint density at radius 2 is 1.95 bits per heavy atom. The second kappa shape index (κ2) is 7.05. The second-order valence-electron chi connectivity index (χ2n) is 6.19. The maximum atomic E-state index is 9.47. The molecule has 2 atom stereocenters. The lowest BCUT2D eigenvalue weighted by molar-refractivity contribution is 0.120. The Bertz CT molecular complexity index is 471. The third-order valence-electron chi connectivity index (χ3n) is 4.86. The maximum Gasteiger partial charge on any atom is 0.133 e. The third kappa shape index (κ3) is 3.57. The van der Waals surface area contributed by atoms with E-state index in [1.54, 1.807) is 6.20 Å². The molecule has 2 aliphatic heterocycles. The van der Waals surface area contributed by atoms with Crippen molar-refractivity contribution in [1.29, 1.82) is 0 Å². The van der Waals surface area contributed by atoms with Crippen LogP contribution < -0.4 is 0 Å². The van der Waals surface area contributed by atoms with Crippen LogP contribution in [0.25, 0.3) is 0 Å². The molecule has 2 aliphatic rings. The lowest BCUT2D eigenvalue weighted by Crippen LogP contribution is -2.43. The molecular formula is C16H24ClN3O. The minimum Gasteiger partial charge on any atom is -0.395 e. The van der Waals surface area contributed by atoms with Gasteiger partial charge in [0, 0.05) is 36.9 Å². The highest BCUT2D eigenvalue weighted by Gasteiger charge is 2.31. The summed E-state index contributed by atoms with van der Waals surface area (Å²) in [5.41, 5.74) is 1.12. The number of hydrogen-bond acceptors (Lipinski definition) is 4. The Balaban J connectivity index is 1.62. The van der Waals surface area contributed by atoms with Gasteiger partial charge in [0.15, 0.2) is 0 Å². The molecule has 1 N–H and O–H groups in total. The largest absolute Gasteiger partial charge is 0.395 e. The van der Waals surface area contributed by atoms with Gasteiger partial charge in [0.1, 0.15) is 5.15 Å². The van der Waals surface area contributed by atoms with E-state index in [4.69, 9.17) is 11.6 Å². The highest BCUT2D eigenvalue weighted by atomic mass is 35.5. The van der Waals surface area contributed by atoms with Crippen LogP contribution in [0.5, 0.6) is 0 Å². The summed E-state index contributed by atoms with van der Waals surface area (Å²) in [5, 5.41) is 10.1. The SMILES string of the molecule is OCC1CCCN1CC1CCCN1Cc1cccnc1Cl. The van der Waals surface area contributed by atoms with Crippen molar-refractivity contribution in [3.05, 3.63) is 29.0 Å². The average molecular weight is 310 g/mol. The maximum absolute atomic E-state index is 9.47. The summed E-state index contributed by atoms with van der Waals surface area (Å²) in [6.07, 6.45) is 6.58. The van der Waals surface area contributed by atoms with Gasteiger partial charge >= 0.3 is 0 Å². The van der Waals surface area contributed by atoms with E-state index in [1.165, 1.54) is 19.3 Å². The predicted octanol–water partition coefficient (Wildman–Crippen LogP) is 2.16. The summed E-state index contributed by atoms with van der Waals surface area (Å²) < 4.78 is 0. The number of halogens is 1. The molecule has 0 radical (unpaired) electrons. The first-order valence-corrected chi connectivity index (χ1v) is 8.34. The van der Waals surface area contributed by atoms with Crippen LogP contribution in [0.3, 0.4) is 0 Å². The van der Waals surface area contributed by atoms with Crippen molar-refractivity contribution in [2.45, 2.75) is 44.3 Å². The molecule has 3 rings (SSSR count). The van der Waals surface area contributed by atoms with Crippen LogP contribution in [0.15, 0.2) is 18.3 Å². The van der Waals surface area contributed by atoms with Crippen LogP contribution in [-0.4, -0.2) is 58.2 Å². The minimum atomic E-state index is 0.293. The summed E-state index contributed by atoms with van der Waals surface area (Å²) in [5.74, 6) is 0. The van der Waals surface area contributed by atoms with Gasteiger partial charge in [-0.3, -0.25) is 9.80 Å². The standard InChI is InChI=1S/C16H24ClN3O/c17-16-13(4-1-7-18-16)10-19-8-2-5-14(19)11-20-9-3-6-15(20)12-21/h1,4,7,14-15,21H,2-3,5-6,8-12H2. The molecule has 0 aliphatic carbocycles. The normalized spacial score (nSPS) is 27.5. The zero-order chi connectivity index (χ0) is 14.7. The molecule has 0 saturated carbocycles. The van der Waals surface area contributed by atoms with Gasteiger partial charge in [-0.15, -0.1) is 0 Å². The van der Waals surface area contributed by atoms with Gasteiger partial charge in [-0.2, -0.15) is 0 Å². The summed E-state index contributed by atoms with van der Waals surface area (Å²) >= 11 is 6.19. The van der Waals surface area contributed by atoms with Gasteiger partial charge in [-0.1, -0.05) is 17.7 Å². The molecular weight excluding hydrogens is 286 g/mol. The van der Waals surface area contributed by atoms with Crippen molar-refractivity contribution < 1.29 is 5.11 Å². The Kier molecular flexibility index (Phi) is 5.11. The lowest BCUT2D eigenvalue weighted by atomic mass is 10.1.